The number of ether oxygens (including phenoxy) is 1. The number of carbonyl (C=O) groups is 1. The molecule has 0 unspecified atom stereocenters. The molecule has 2 aromatic carbocycles. The maximum Gasteiger partial charge on any atom is 0.262 e. The highest BCUT2D eigenvalue weighted by Gasteiger charge is 2.29. The number of hydrogen-bond acceptors (Lipinski definition) is 4. The number of benzene rings is 2. The summed E-state index contributed by atoms with van der Waals surface area (Å²) in [4.78, 5) is 11.9. The minimum atomic E-state index is -3.92. The lowest BCUT2D eigenvalue weighted by molar-refractivity contribution is -0.117. The third kappa shape index (κ3) is 4.23. The van der Waals surface area contributed by atoms with E-state index >= 15 is 0 Å². The van der Waals surface area contributed by atoms with Crippen LogP contribution in [0.4, 0.5) is 11.4 Å². The number of sulfonamides is 1. The molecule has 9 heteroatoms. The van der Waals surface area contributed by atoms with E-state index in [4.69, 9.17) is 27.9 Å². The van der Waals surface area contributed by atoms with Gasteiger partial charge in [0.05, 0.1) is 27.7 Å². The van der Waals surface area contributed by atoms with Crippen LogP contribution in [0.5, 0.6) is 5.75 Å². The van der Waals surface area contributed by atoms with Crippen molar-refractivity contribution in [1.29, 1.82) is 0 Å². The third-order valence-corrected chi connectivity index (χ3v) is 5.96. The number of anilines is 2. The van der Waals surface area contributed by atoms with Crippen LogP contribution in [0.15, 0.2) is 41.3 Å². The molecule has 6 nitrogen and oxygen atoms in total. The molecule has 1 saturated carbocycles. The highest BCUT2D eigenvalue weighted by Crippen LogP contribution is 2.33. The first-order chi connectivity index (χ1) is 12.3. The van der Waals surface area contributed by atoms with Gasteiger partial charge in [-0.2, -0.15) is 0 Å². The van der Waals surface area contributed by atoms with Crippen LogP contribution in [0.3, 0.4) is 0 Å². The summed E-state index contributed by atoms with van der Waals surface area (Å²) in [5.41, 5.74) is 0.682. The van der Waals surface area contributed by atoms with Gasteiger partial charge in [0.1, 0.15) is 5.75 Å². The number of rotatable bonds is 6. The van der Waals surface area contributed by atoms with Crippen LogP contribution in [0.1, 0.15) is 12.8 Å². The summed E-state index contributed by atoms with van der Waals surface area (Å²) in [5.74, 6) is 0.278. The van der Waals surface area contributed by atoms with Crippen LogP contribution in [0.2, 0.25) is 10.0 Å². The van der Waals surface area contributed by atoms with Crippen LogP contribution < -0.4 is 14.8 Å². The van der Waals surface area contributed by atoms with Gasteiger partial charge in [-0.3, -0.25) is 9.52 Å². The monoisotopic (exact) mass is 414 g/mol. The van der Waals surface area contributed by atoms with E-state index in [1.807, 2.05) is 0 Å². The van der Waals surface area contributed by atoms with Gasteiger partial charge in [-0.15, -0.1) is 0 Å². The molecule has 0 spiro atoms. The zero-order chi connectivity index (χ0) is 18.9. The topological polar surface area (TPSA) is 84.5 Å². The Morgan fingerprint density at radius 3 is 2.46 bits per heavy atom. The van der Waals surface area contributed by atoms with E-state index in [0.717, 1.165) is 12.8 Å². The molecule has 3 rings (SSSR count). The second kappa shape index (κ2) is 7.34. The Hall–Kier alpha value is -1.96. The molecular weight excluding hydrogens is 399 g/mol. The normalized spacial score (nSPS) is 14.0. The van der Waals surface area contributed by atoms with Crippen LogP contribution >= 0.6 is 23.2 Å². The van der Waals surface area contributed by atoms with Crippen molar-refractivity contribution in [3.63, 3.8) is 0 Å². The Labute approximate surface area is 161 Å². The van der Waals surface area contributed by atoms with Crippen molar-refractivity contribution >= 4 is 50.5 Å². The first kappa shape index (κ1) is 18.8. The predicted molar refractivity (Wildman–Crippen MR) is 102 cm³/mol. The molecule has 1 aliphatic carbocycles. The number of methoxy groups -OCH3 is 1. The number of amides is 1. The zero-order valence-electron chi connectivity index (χ0n) is 13.8. The fourth-order valence-electron chi connectivity index (χ4n) is 2.30. The molecule has 26 heavy (non-hydrogen) atoms. The maximum atomic E-state index is 12.6. The molecular formula is C17H16Cl2N2O4S. The van der Waals surface area contributed by atoms with Gasteiger partial charge in [0.2, 0.25) is 5.91 Å². The van der Waals surface area contributed by atoms with Crippen molar-refractivity contribution < 1.29 is 17.9 Å². The maximum absolute atomic E-state index is 12.6. The van der Waals surface area contributed by atoms with E-state index in [9.17, 15) is 13.2 Å². The van der Waals surface area contributed by atoms with Crippen LogP contribution in [0, 0.1) is 5.92 Å². The van der Waals surface area contributed by atoms with Crippen molar-refractivity contribution in [2.75, 3.05) is 17.1 Å². The first-order valence-electron chi connectivity index (χ1n) is 7.77. The lowest BCUT2D eigenvalue weighted by Gasteiger charge is -2.14. The van der Waals surface area contributed by atoms with Gasteiger partial charge in [-0.1, -0.05) is 23.2 Å². The largest absolute Gasteiger partial charge is 0.495 e. The van der Waals surface area contributed by atoms with Gasteiger partial charge in [-0.05, 0) is 49.2 Å². The smallest absolute Gasteiger partial charge is 0.262 e. The van der Waals surface area contributed by atoms with Gasteiger partial charge >= 0.3 is 0 Å². The van der Waals surface area contributed by atoms with Crippen molar-refractivity contribution in [3.8, 4) is 5.75 Å². The van der Waals surface area contributed by atoms with E-state index in [0.29, 0.717) is 11.4 Å². The standard InChI is InChI=1S/C17H16Cl2N2O4S/c1-25-16-7-4-11(20-17(22)10-2-3-10)8-15(16)21-26(23,24)12-5-6-13(18)14(19)9-12/h4-10,21H,2-3H2,1H3,(H,20,22). The summed E-state index contributed by atoms with van der Waals surface area (Å²) in [6.45, 7) is 0. The average Bonchev–Trinajstić information content (AvgIpc) is 3.42. The Morgan fingerprint density at radius 1 is 1.12 bits per heavy atom. The lowest BCUT2D eigenvalue weighted by Crippen LogP contribution is -2.16. The van der Waals surface area contributed by atoms with Crippen LogP contribution in [-0.4, -0.2) is 21.4 Å². The summed E-state index contributed by atoms with van der Waals surface area (Å²) in [6.07, 6.45) is 1.75. The van der Waals surface area contributed by atoms with Gasteiger partial charge in [0.15, 0.2) is 0 Å². The Morgan fingerprint density at radius 2 is 1.85 bits per heavy atom. The molecule has 0 heterocycles. The van der Waals surface area contributed by atoms with E-state index in [1.54, 1.807) is 12.1 Å². The van der Waals surface area contributed by atoms with Gasteiger partial charge in [0.25, 0.3) is 10.0 Å². The van der Waals surface area contributed by atoms with E-state index in [-0.39, 0.29) is 32.5 Å². The lowest BCUT2D eigenvalue weighted by atomic mass is 10.2. The molecule has 1 aliphatic rings. The first-order valence-corrected chi connectivity index (χ1v) is 10.0. The molecule has 0 saturated heterocycles. The summed E-state index contributed by atoms with van der Waals surface area (Å²) in [6, 6.07) is 8.75. The third-order valence-electron chi connectivity index (χ3n) is 3.86. The zero-order valence-corrected chi connectivity index (χ0v) is 16.1. The van der Waals surface area contributed by atoms with Crippen molar-refractivity contribution in [1.82, 2.24) is 0 Å². The summed E-state index contributed by atoms with van der Waals surface area (Å²) in [5, 5.41) is 3.16. The van der Waals surface area contributed by atoms with E-state index < -0.39 is 10.0 Å². The molecule has 0 radical (unpaired) electrons. The van der Waals surface area contributed by atoms with Crippen LogP contribution in [0.25, 0.3) is 0 Å². The van der Waals surface area contributed by atoms with Crippen molar-refractivity contribution in [2.45, 2.75) is 17.7 Å². The van der Waals surface area contributed by atoms with Gasteiger partial charge in [0, 0.05) is 11.6 Å². The van der Waals surface area contributed by atoms with E-state index in [2.05, 4.69) is 10.0 Å². The molecule has 1 fully saturated rings. The predicted octanol–water partition coefficient (Wildman–Crippen LogP) is 4.15. The number of carbonyl (C=O) groups excluding carboxylic acids is 1. The Bertz CT molecular complexity index is 959. The summed E-state index contributed by atoms with van der Waals surface area (Å²) < 4.78 is 32.9. The number of halogens is 2. The molecule has 2 aromatic rings. The second-order valence-corrected chi connectivity index (χ2v) is 8.36. The van der Waals surface area contributed by atoms with E-state index in [1.165, 1.54) is 31.4 Å². The molecule has 0 bridgehead atoms. The average molecular weight is 415 g/mol. The fourth-order valence-corrected chi connectivity index (χ4v) is 3.75. The minimum absolute atomic E-state index is 0.0356. The molecule has 138 valence electrons. The fraction of sp³-hybridized carbons (Fsp3) is 0.235. The van der Waals surface area contributed by atoms with Crippen LogP contribution in [-0.2, 0) is 14.8 Å². The summed E-state index contributed by atoms with van der Waals surface area (Å²) >= 11 is 11.7. The highest BCUT2D eigenvalue weighted by atomic mass is 35.5. The molecule has 0 aromatic heterocycles. The molecule has 2 N–H and O–H groups in total. The van der Waals surface area contributed by atoms with Gasteiger partial charge < -0.3 is 10.1 Å². The second-order valence-electron chi connectivity index (χ2n) is 5.86. The highest BCUT2D eigenvalue weighted by molar-refractivity contribution is 7.92. The minimum Gasteiger partial charge on any atom is -0.495 e. The summed E-state index contributed by atoms with van der Waals surface area (Å²) in [7, 11) is -2.49. The molecule has 1 amide bonds. The van der Waals surface area contributed by atoms with Crippen molar-refractivity contribution in [2.24, 2.45) is 5.92 Å². The van der Waals surface area contributed by atoms with Gasteiger partial charge in [-0.25, -0.2) is 8.42 Å². The Balaban J connectivity index is 1.88. The van der Waals surface area contributed by atoms with Crippen molar-refractivity contribution in [3.05, 3.63) is 46.4 Å². The molecule has 0 aliphatic heterocycles. The number of nitrogens with one attached hydrogen (secondary N) is 2. The molecule has 0 atom stereocenters. The number of hydrogen-bond donors (Lipinski definition) is 2. The Kier molecular flexibility index (Phi) is 5.32. The quantitative estimate of drug-likeness (QED) is 0.743. The SMILES string of the molecule is COc1ccc(NC(=O)C2CC2)cc1NS(=O)(=O)c1ccc(Cl)c(Cl)c1.